The summed E-state index contributed by atoms with van der Waals surface area (Å²) in [7, 11) is 1.93. The van der Waals surface area contributed by atoms with E-state index < -0.39 is 5.60 Å². The Morgan fingerprint density at radius 1 is 1.02 bits per heavy atom. The van der Waals surface area contributed by atoms with Gasteiger partial charge in [-0.2, -0.15) is 0 Å². The number of benzene rings is 3. The molecule has 0 amide bonds. The fraction of sp³-hybridized carbons (Fsp3) is 0.455. The minimum absolute atomic E-state index is 0.0387. The fourth-order valence-corrected chi connectivity index (χ4v) is 5.87. The molecule has 0 fully saturated rings. The highest BCUT2D eigenvalue weighted by atomic mass is 16.5. The molecule has 1 aliphatic heterocycles. The molecule has 40 heavy (non-hydrogen) atoms. The van der Waals surface area contributed by atoms with Gasteiger partial charge in [-0.3, -0.25) is 10.4 Å². The van der Waals surface area contributed by atoms with E-state index in [9.17, 15) is 5.11 Å². The number of aryl methyl sites for hydroxylation is 3. The van der Waals surface area contributed by atoms with Gasteiger partial charge >= 0.3 is 0 Å². The van der Waals surface area contributed by atoms with Crippen LogP contribution in [0.1, 0.15) is 72.4 Å². The van der Waals surface area contributed by atoms with Gasteiger partial charge in [0.05, 0.1) is 12.2 Å². The molecule has 212 valence electrons. The number of hydrogen-bond acceptors (Lipinski definition) is 6. The highest BCUT2D eigenvalue weighted by molar-refractivity contribution is 5.75. The molecule has 0 saturated carbocycles. The predicted octanol–water partition coefficient (Wildman–Crippen LogP) is 7.74. The molecular formula is C33H41N4O3-. The average Bonchev–Trinajstić information content (AvgIpc) is 3.48. The first-order chi connectivity index (χ1) is 19.1. The molecule has 0 aromatic heterocycles. The van der Waals surface area contributed by atoms with Gasteiger partial charge in [0.15, 0.2) is 0 Å². The van der Waals surface area contributed by atoms with Crippen molar-refractivity contribution in [3.05, 3.63) is 87.3 Å². The third kappa shape index (κ3) is 6.25. The summed E-state index contributed by atoms with van der Waals surface area (Å²) in [6.45, 7) is 11.1. The van der Waals surface area contributed by atoms with Gasteiger partial charge in [-0.05, 0) is 129 Å². The summed E-state index contributed by atoms with van der Waals surface area (Å²) >= 11 is 0. The lowest BCUT2D eigenvalue weighted by molar-refractivity contribution is 0.0553. The average molecular weight is 542 g/mol. The molecule has 0 bridgehead atoms. The van der Waals surface area contributed by atoms with Gasteiger partial charge in [-0.1, -0.05) is 24.3 Å². The third-order valence-corrected chi connectivity index (χ3v) is 8.21. The highest BCUT2D eigenvalue weighted by Crippen LogP contribution is 2.40. The molecule has 2 aliphatic rings. The van der Waals surface area contributed by atoms with Crippen molar-refractivity contribution >= 4 is 0 Å². The smallest absolute Gasteiger partial charge is 0.120 e. The van der Waals surface area contributed by atoms with E-state index in [1.807, 2.05) is 12.1 Å². The molecule has 5 rings (SSSR count). The van der Waals surface area contributed by atoms with Gasteiger partial charge < -0.3 is 25.0 Å². The zero-order valence-corrected chi connectivity index (χ0v) is 24.6. The van der Waals surface area contributed by atoms with Crippen molar-refractivity contribution in [1.29, 1.82) is 0 Å². The van der Waals surface area contributed by atoms with Crippen LogP contribution in [-0.4, -0.2) is 35.5 Å². The lowest BCUT2D eigenvalue weighted by Crippen LogP contribution is -2.23. The summed E-state index contributed by atoms with van der Waals surface area (Å²) in [4.78, 5) is 0. The summed E-state index contributed by atoms with van der Waals surface area (Å²) in [6.07, 6.45) is 3.75. The van der Waals surface area contributed by atoms with Crippen molar-refractivity contribution in [1.82, 2.24) is 5.01 Å². The molecule has 0 spiro atoms. The Morgan fingerprint density at radius 3 is 2.50 bits per heavy atom. The number of fused-ring (bicyclic) bond motifs is 1. The molecule has 0 saturated heterocycles. The first-order valence-corrected chi connectivity index (χ1v) is 14.2. The number of ether oxygens (including phenoxy) is 2. The van der Waals surface area contributed by atoms with Crippen LogP contribution >= 0.6 is 0 Å². The Bertz CT molecular complexity index is 1370. The van der Waals surface area contributed by atoms with Gasteiger partial charge in [0.1, 0.15) is 18.1 Å². The third-order valence-electron chi connectivity index (χ3n) is 8.21. The van der Waals surface area contributed by atoms with Crippen molar-refractivity contribution in [2.75, 3.05) is 13.7 Å². The first-order valence-electron chi connectivity index (χ1n) is 14.2. The molecule has 1 heterocycles. The fourth-order valence-electron chi connectivity index (χ4n) is 5.87. The van der Waals surface area contributed by atoms with E-state index in [-0.39, 0.29) is 6.17 Å². The molecule has 1 aliphatic carbocycles. The van der Waals surface area contributed by atoms with Crippen LogP contribution < -0.4 is 9.47 Å². The largest absolute Gasteiger partial charge is 0.493 e. The number of hydrogen-bond donors (Lipinski definition) is 1. The Labute approximate surface area is 238 Å². The molecule has 2 atom stereocenters. The summed E-state index contributed by atoms with van der Waals surface area (Å²) in [6, 6.07) is 17.2. The van der Waals surface area contributed by atoms with Crippen molar-refractivity contribution in [3.63, 3.8) is 0 Å². The van der Waals surface area contributed by atoms with Gasteiger partial charge in [-0.15, -0.1) is 0 Å². The lowest BCUT2D eigenvalue weighted by atomic mass is 9.90. The molecule has 3 aromatic rings. The normalized spacial score (nSPS) is 18.1. The molecule has 3 aromatic carbocycles. The highest BCUT2D eigenvalue weighted by Gasteiger charge is 2.26. The van der Waals surface area contributed by atoms with Crippen LogP contribution in [0.3, 0.4) is 0 Å². The zero-order chi connectivity index (χ0) is 28.4. The van der Waals surface area contributed by atoms with Crippen molar-refractivity contribution in [3.8, 4) is 22.6 Å². The van der Waals surface area contributed by atoms with Gasteiger partial charge in [0.25, 0.3) is 0 Å². The number of rotatable bonds is 10. The molecular weight excluding hydrogens is 500 g/mol. The van der Waals surface area contributed by atoms with E-state index >= 15 is 0 Å². The topological polar surface area (TPSA) is 80.8 Å². The van der Waals surface area contributed by atoms with E-state index in [0.29, 0.717) is 25.6 Å². The standard InChI is InChI=1S/C33H41N4O3/c1-21-16-28(39-15-14-33(4,5)38)17-22(2)32(21)29-9-7-8-26(23(29)3)20-40-27-12-13-30-24(18-27)10-11-25(30)19-31-34-35-36-37(31)6/h7-9,12-13,16-18,25,31,38H,10-11,14-15,19-20H2,1-6H3/q-1. The van der Waals surface area contributed by atoms with Crippen LogP contribution in [0.2, 0.25) is 0 Å². The minimum atomic E-state index is -0.734. The Kier molecular flexibility index (Phi) is 8.04. The van der Waals surface area contributed by atoms with E-state index in [0.717, 1.165) is 30.8 Å². The summed E-state index contributed by atoms with van der Waals surface area (Å²) in [5, 5.41) is 19.6. The Morgan fingerprint density at radius 2 is 1.80 bits per heavy atom. The maximum atomic E-state index is 9.98. The molecule has 7 nitrogen and oxygen atoms in total. The van der Waals surface area contributed by atoms with Crippen molar-refractivity contribution in [2.45, 2.75) is 84.6 Å². The zero-order valence-electron chi connectivity index (χ0n) is 24.6. The minimum Gasteiger partial charge on any atom is -0.493 e. The monoisotopic (exact) mass is 541 g/mol. The summed E-state index contributed by atoms with van der Waals surface area (Å²) in [5.74, 6) is 2.23. The van der Waals surface area contributed by atoms with Gasteiger partial charge in [0, 0.05) is 19.6 Å². The predicted molar refractivity (Wildman–Crippen MR) is 159 cm³/mol. The molecule has 2 unspecified atom stereocenters. The quantitative estimate of drug-likeness (QED) is 0.285. The van der Waals surface area contributed by atoms with E-state index in [1.165, 1.54) is 44.5 Å². The van der Waals surface area contributed by atoms with E-state index in [1.54, 1.807) is 13.8 Å². The number of nitrogens with zero attached hydrogens (tertiary/aromatic N) is 4. The molecule has 7 heteroatoms. The Balaban J connectivity index is 1.26. The second-order valence-corrected chi connectivity index (χ2v) is 11.9. The number of aliphatic hydroxyl groups is 1. The second-order valence-electron chi connectivity index (χ2n) is 11.9. The first kappa shape index (κ1) is 28.0. The van der Waals surface area contributed by atoms with Gasteiger partial charge in [0.2, 0.25) is 0 Å². The SMILES string of the molecule is Cc1cc(OCCC(C)(C)O)cc(C)c1-c1cccc(COc2ccc3c(c2)CCC3CC2[N-]N=NN2C)c1C. The van der Waals surface area contributed by atoms with Gasteiger partial charge in [-0.25, -0.2) is 0 Å². The lowest BCUT2D eigenvalue weighted by Gasteiger charge is -2.27. The summed E-state index contributed by atoms with van der Waals surface area (Å²) in [5.41, 5.74) is 13.5. The molecule has 0 radical (unpaired) electrons. The van der Waals surface area contributed by atoms with Crippen LogP contribution in [0.25, 0.3) is 16.6 Å². The van der Waals surface area contributed by atoms with Crippen LogP contribution in [0.5, 0.6) is 11.5 Å². The molecule has 1 N–H and O–H groups in total. The maximum Gasteiger partial charge on any atom is 0.120 e. The van der Waals surface area contributed by atoms with E-state index in [2.05, 4.69) is 85.2 Å². The van der Waals surface area contributed by atoms with Crippen LogP contribution in [0.4, 0.5) is 0 Å². The van der Waals surface area contributed by atoms with Crippen LogP contribution in [0, 0.1) is 20.8 Å². The van der Waals surface area contributed by atoms with Crippen LogP contribution in [0.15, 0.2) is 59.0 Å². The van der Waals surface area contributed by atoms with E-state index in [4.69, 9.17) is 9.47 Å². The summed E-state index contributed by atoms with van der Waals surface area (Å²) < 4.78 is 12.3. The van der Waals surface area contributed by atoms with Crippen molar-refractivity contribution < 1.29 is 14.6 Å². The Hall–Kier alpha value is -3.58. The second kappa shape index (κ2) is 11.5. The van der Waals surface area contributed by atoms with Crippen molar-refractivity contribution in [2.24, 2.45) is 10.4 Å². The van der Waals surface area contributed by atoms with Crippen LogP contribution in [-0.2, 0) is 13.0 Å². The maximum absolute atomic E-state index is 9.98.